The van der Waals surface area contributed by atoms with Crippen LogP contribution in [-0.2, 0) is 6.42 Å². The Labute approximate surface area is 191 Å². The highest BCUT2D eigenvalue weighted by Crippen LogP contribution is 2.42. The molecule has 0 amide bonds. The lowest BCUT2D eigenvalue weighted by molar-refractivity contribution is 0.442. The van der Waals surface area contributed by atoms with Crippen LogP contribution in [0.2, 0.25) is 0 Å². The van der Waals surface area contributed by atoms with Gasteiger partial charge in [0.15, 0.2) is 45.8 Å². The topological polar surface area (TPSA) is 38.5 Å². The zero-order valence-electron chi connectivity index (χ0n) is 18.0. The van der Waals surface area contributed by atoms with Gasteiger partial charge in [-0.1, -0.05) is 13.3 Å². The van der Waals surface area contributed by atoms with E-state index >= 15 is 8.78 Å². The van der Waals surface area contributed by atoms with Crippen molar-refractivity contribution in [2.24, 2.45) is 0 Å². The maximum atomic E-state index is 15.2. The SMILES string of the molecule is CCCCc1cc2c(=O)cc3c4c(F)c(F)c(F)c5c(F)c(F)c(F)c(c54)c4cc(=O)c(c1)c2n34. The Bertz CT molecular complexity index is 1870. The third-order valence-electron chi connectivity index (χ3n) is 6.67. The van der Waals surface area contributed by atoms with Crippen molar-refractivity contribution >= 4 is 48.9 Å². The maximum absolute atomic E-state index is 15.2. The average Bonchev–Trinajstić information content (AvgIpc) is 2.83. The van der Waals surface area contributed by atoms with Crippen LogP contribution in [0.3, 0.4) is 0 Å². The number of benzene rings is 3. The van der Waals surface area contributed by atoms with Crippen molar-refractivity contribution in [3.8, 4) is 0 Å². The van der Waals surface area contributed by atoms with Crippen molar-refractivity contribution in [3.63, 3.8) is 0 Å². The van der Waals surface area contributed by atoms with Crippen molar-refractivity contribution in [1.29, 1.82) is 0 Å². The molecular formula is C26H13F6NO2. The van der Waals surface area contributed by atoms with Crippen LogP contribution in [0.1, 0.15) is 25.3 Å². The number of pyridine rings is 3. The third-order valence-corrected chi connectivity index (χ3v) is 6.67. The highest BCUT2D eigenvalue weighted by molar-refractivity contribution is 6.22. The number of fused-ring (bicyclic) bond motifs is 2. The van der Waals surface area contributed by atoms with E-state index in [1.165, 1.54) is 0 Å². The number of hydrogen-bond acceptors (Lipinski definition) is 2. The van der Waals surface area contributed by atoms with Gasteiger partial charge in [0.25, 0.3) is 0 Å². The monoisotopic (exact) mass is 485 g/mol. The summed E-state index contributed by atoms with van der Waals surface area (Å²) < 4.78 is 89.7. The Morgan fingerprint density at radius 1 is 0.629 bits per heavy atom. The molecule has 176 valence electrons. The minimum Gasteiger partial charge on any atom is -0.307 e. The lowest BCUT2D eigenvalue weighted by Gasteiger charge is -2.20. The number of unbranched alkanes of at least 4 members (excludes halogenated alkanes) is 1. The molecule has 35 heavy (non-hydrogen) atoms. The van der Waals surface area contributed by atoms with Gasteiger partial charge in [0.2, 0.25) is 0 Å². The number of nitrogens with zero attached hydrogens (tertiary/aromatic N) is 1. The molecule has 0 aliphatic heterocycles. The first-order valence-electron chi connectivity index (χ1n) is 10.8. The highest BCUT2D eigenvalue weighted by Gasteiger charge is 2.31. The van der Waals surface area contributed by atoms with Crippen LogP contribution in [-0.4, -0.2) is 4.40 Å². The first-order chi connectivity index (χ1) is 16.7. The van der Waals surface area contributed by atoms with Gasteiger partial charge in [-0.15, -0.1) is 0 Å². The summed E-state index contributed by atoms with van der Waals surface area (Å²) in [5.41, 5.74) is -1.25. The Kier molecular flexibility index (Phi) is 4.37. The van der Waals surface area contributed by atoms with Crippen molar-refractivity contribution in [1.82, 2.24) is 4.40 Å². The van der Waals surface area contributed by atoms with Gasteiger partial charge in [-0.3, -0.25) is 9.59 Å². The van der Waals surface area contributed by atoms with Crippen LogP contribution in [0.4, 0.5) is 26.3 Å². The van der Waals surface area contributed by atoms with E-state index < -0.39 is 67.3 Å². The molecule has 3 heterocycles. The second-order valence-corrected chi connectivity index (χ2v) is 8.65. The number of hydrogen-bond donors (Lipinski definition) is 0. The molecule has 0 aliphatic rings. The molecule has 6 rings (SSSR count). The van der Waals surface area contributed by atoms with E-state index in [4.69, 9.17) is 0 Å². The van der Waals surface area contributed by atoms with Gasteiger partial charge in [0.1, 0.15) is 0 Å². The zero-order chi connectivity index (χ0) is 24.9. The summed E-state index contributed by atoms with van der Waals surface area (Å²) in [5.74, 6) is -11.9. The molecule has 0 bridgehead atoms. The van der Waals surface area contributed by atoms with Crippen LogP contribution in [0.5, 0.6) is 0 Å². The molecule has 0 atom stereocenters. The van der Waals surface area contributed by atoms with Crippen molar-refractivity contribution in [3.05, 3.63) is 85.2 Å². The van der Waals surface area contributed by atoms with E-state index in [1.54, 1.807) is 12.1 Å². The minimum absolute atomic E-state index is 0.00214. The number of halogens is 6. The number of rotatable bonds is 3. The van der Waals surface area contributed by atoms with Crippen molar-refractivity contribution in [2.45, 2.75) is 26.2 Å². The molecule has 0 N–H and O–H groups in total. The number of aryl methyl sites for hydroxylation is 1. The van der Waals surface area contributed by atoms with Gasteiger partial charge in [0, 0.05) is 39.1 Å². The first-order valence-corrected chi connectivity index (χ1v) is 10.8. The third kappa shape index (κ3) is 2.58. The molecular weight excluding hydrogens is 472 g/mol. The van der Waals surface area contributed by atoms with Crippen LogP contribution in [0, 0.1) is 34.9 Å². The Hall–Kier alpha value is -3.88. The van der Waals surface area contributed by atoms with E-state index in [2.05, 4.69) is 0 Å². The standard InChI is InChI=1S/C26H13F6NO2/c1-2-3-4-9-5-10-14(34)7-12-16-18-17(13-8-15(35)11(6-9)26(10)33(12)13)21(28)25(32)23(30)19(18)22(29)24(31)20(16)27/h5-8H,2-4H2,1H3. The summed E-state index contributed by atoms with van der Waals surface area (Å²) in [6.07, 6.45) is 2.22. The molecule has 0 unspecified atom stereocenters. The Morgan fingerprint density at radius 3 is 1.54 bits per heavy atom. The molecule has 0 radical (unpaired) electrons. The summed E-state index contributed by atoms with van der Waals surface area (Å²) in [5, 5.41) is -3.54. The van der Waals surface area contributed by atoms with Gasteiger partial charge in [-0.2, -0.15) is 0 Å². The van der Waals surface area contributed by atoms with Crippen LogP contribution in [0.25, 0.3) is 48.9 Å². The highest BCUT2D eigenvalue weighted by atomic mass is 19.2. The smallest absolute Gasteiger partial charge is 0.195 e. The lowest BCUT2D eigenvalue weighted by Crippen LogP contribution is -2.15. The van der Waals surface area contributed by atoms with E-state index in [1.807, 2.05) is 6.92 Å². The van der Waals surface area contributed by atoms with Gasteiger partial charge < -0.3 is 4.40 Å². The Balaban J connectivity index is 2.02. The molecule has 3 aromatic heterocycles. The first kappa shape index (κ1) is 21.6. The minimum atomic E-state index is -2.10. The maximum Gasteiger partial charge on any atom is 0.195 e. The van der Waals surface area contributed by atoms with E-state index in [0.29, 0.717) is 12.0 Å². The van der Waals surface area contributed by atoms with Gasteiger partial charge in [0.05, 0.1) is 21.9 Å². The van der Waals surface area contributed by atoms with Gasteiger partial charge >= 0.3 is 0 Å². The van der Waals surface area contributed by atoms with Gasteiger partial charge in [-0.25, -0.2) is 26.3 Å². The summed E-state index contributed by atoms with van der Waals surface area (Å²) in [7, 11) is 0. The molecule has 3 nitrogen and oxygen atoms in total. The van der Waals surface area contributed by atoms with E-state index in [9.17, 15) is 27.2 Å². The molecule has 6 aromatic rings. The Morgan fingerprint density at radius 2 is 1.09 bits per heavy atom. The fraction of sp³-hybridized carbons (Fsp3) is 0.154. The van der Waals surface area contributed by atoms with E-state index in [0.717, 1.165) is 29.4 Å². The van der Waals surface area contributed by atoms with Crippen LogP contribution >= 0.6 is 0 Å². The molecule has 0 fully saturated rings. The zero-order valence-corrected chi connectivity index (χ0v) is 18.0. The van der Waals surface area contributed by atoms with E-state index in [-0.39, 0.29) is 27.3 Å². The number of aromatic nitrogens is 1. The normalized spacial score (nSPS) is 12.4. The molecule has 3 aromatic carbocycles. The van der Waals surface area contributed by atoms with Crippen LogP contribution < -0.4 is 10.9 Å². The second-order valence-electron chi connectivity index (χ2n) is 8.65. The molecule has 9 heteroatoms. The summed E-state index contributed by atoms with van der Waals surface area (Å²) in [4.78, 5) is 26.2. The molecule has 0 aliphatic carbocycles. The van der Waals surface area contributed by atoms with Crippen molar-refractivity contribution < 1.29 is 26.3 Å². The predicted octanol–water partition coefficient (Wildman–Crippen LogP) is 6.33. The molecule has 0 saturated heterocycles. The summed E-state index contributed by atoms with van der Waals surface area (Å²) in [6, 6.07) is 5.01. The van der Waals surface area contributed by atoms with Gasteiger partial charge in [-0.05, 0) is 30.5 Å². The second kappa shape index (κ2) is 7.07. The molecule has 0 saturated carbocycles. The largest absolute Gasteiger partial charge is 0.307 e. The fourth-order valence-corrected chi connectivity index (χ4v) is 5.13. The molecule has 0 spiro atoms. The quantitative estimate of drug-likeness (QED) is 0.127. The summed E-state index contributed by atoms with van der Waals surface area (Å²) >= 11 is 0. The average molecular weight is 485 g/mol. The fourth-order valence-electron chi connectivity index (χ4n) is 5.13. The summed E-state index contributed by atoms with van der Waals surface area (Å²) in [6.45, 7) is 1.97. The van der Waals surface area contributed by atoms with Crippen LogP contribution in [0.15, 0.2) is 33.9 Å². The van der Waals surface area contributed by atoms with Crippen molar-refractivity contribution in [2.75, 3.05) is 0 Å². The lowest BCUT2D eigenvalue weighted by atomic mass is 9.94. The predicted molar refractivity (Wildman–Crippen MR) is 121 cm³/mol.